The van der Waals surface area contributed by atoms with E-state index >= 15 is 0 Å². The zero-order valence-corrected chi connectivity index (χ0v) is 19.1. The molecule has 1 aliphatic carbocycles. The van der Waals surface area contributed by atoms with Crippen LogP contribution < -0.4 is 5.32 Å². The van der Waals surface area contributed by atoms with E-state index in [1.54, 1.807) is 0 Å². The van der Waals surface area contributed by atoms with Crippen molar-refractivity contribution in [3.05, 3.63) is 71.4 Å². The van der Waals surface area contributed by atoms with Crippen LogP contribution in [0.4, 0.5) is 0 Å². The Morgan fingerprint density at radius 3 is 2.47 bits per heavy atom. The van der Waals surface area contributed by atoms with Gasteiger partial charge in [-0.2, -0.15) is 0 Å². The van der Waals surface area contributed by atoms with Crippen molar-refractivity contribution in [3.8, 4) is 0 Å². The summed E-state index contributed by atoms with van der Waals surface area (Å²) in [6, 6.07) is 16.5. The molecule has 0 saturated heterocycles. The Kier molecular flexibility index (Phi) is 6.63. The van der Waals surface area contributed by atoms with Crippen LogP contribution in [-0.4, -0.2) is 29.6 Å². The Bertz CT molecular complexity index is 1090. The monoisotopic (exact) mass is 432 g/mol. The molecule has 5 nitrogen and oxygen atoms in total. The fourth-order valence-electron chi connectivity index (χ4n) is 4.89. The lowest BCUT2D eigenvalue weighted by Gasteiger charge is -2.31. The maximum Gasteiger partial charge on any atom is 0.308 e. The van der Waals surface area contributed by atoms with Gasteiger partial charge < -0.3 is 14.6 Å². The number of aryl methyl sites for hydroxylation is 1. The molecule has 1 fully saturated rings. The molecule has 1 atom stereocenters. The van der Waals surface area contributed by atoms with Crippen molar-refractivity contribution in [3.63, 3.8) is 0 Å². The van der Waals surface area contributed by atoms with Crippen LogP contribution in [0.1, 0.15) is 54.1 Å². The molecule has 1 aliphatic rings. The van der Waals surface area contributed by atoms with E-state index in [9.17, 15) is 9.59 Å². The molecule has 1 unspecified atom stereocenters. The fraction of sp³-hybridized carbons (Fsp3) is 0.407. The van der Waals surface area contributed by atoms with Gasteiger partial charge in [-0.25, -0.2) is 0 Å². The summed E-state index contributed by atoms with van der Waals surface area (Å²) in [5, 5.41) is 4.30. The molecule has 168 valence electrons. The number of hydrogen-bond acceptors (Lipinski definition) is 3. The molecule has 1 heterocycles. The van der Waals surface area contributed by atoms with Gasteiger partial charge in [0, 0.05) is 24.2 Å². The van der Waals surface area contributed by atoms with Crippen LogP contribution in [0, 0.1) is 18.8 Å². The molecule has 0 bridgehead atoms. The van der Waals surface area contributed by atoms with E-state index in [2.05, 4.69) is 66.3 Å². The summed E-state index contributed by atoms with van der Waals surface area (Å²) >= 11 is 0. The third-order valence-electron chi connectivity index (χ3n) is 6.88. The lowest BCUT2D eigenvalue weighted by atomic mass is 9.79. The van der Waals surface area contributed by atoms with Gasteiger partial charge >= 0.3 is 5.97 Å². The highest BCUT2D eigenvalue weighted by Crippen LogP contribution is 2.32. The Labute approximate surface area is 189 Å². The molecule has 3 aromatic rings. The number of esters is 1. The summed E-state index contributed by atoms with van der Waals surface area (Å²) in [6.45, 7) is 4.88. The molecule has 1 aromatic heterocycles. The van der Waals surface area contributed by atoms with E-state index in [-0.39, 0.29) is 23.8 Å². The maximum absolute atomic E-state index is 13.3. The van der Waals surface area contributed by atoms with E-state index in [1.165, 1.54) is 18.2 Å². The lowest BCUT2D eigenvalue weighted by molar-refractivity contribution is -0.146. The highest BCUT2D eigenvalue weighted by Gasteiger charge is 2.30. The number of benzene rings is 2. The second-order valence-electron chi connectivity index (χ2n) is 9.07. The fourth-order valence-corrected chi connectivity index (χ4v) is 4.89. The number of methoxy groups -OCH3 is 1. The minimum atomic E-state index is -0.110. The summed E-state index contributed by atoms with van der Waals surface area (Å²) < 4.78 is 7.04. The Balaban J connectivity index is 1.48. The second kappa shape index (κ2) is 9.60. The molecule has 1 amide bonds. The SMILES string of the molecule is COC(=O)C1CCC(C(C)NC(=O)c2cccc3ccn(Cc4ccc(C)cc4)c23)CC1. The van der Waals surface area contributed by atoms with Gasteiger partial charge in [0.05, 0.1) is 24.1 Å². The third-order valence-corrected chi connectivity index (χ3v) is 6.88. The Morgan fingerprint density at radius 2 is 1.78 bits per heavy atom. The number of nitrogens with one attached hydrogen (secondary N) is 1. The Morgan fingerprint density at radius 1 is 1.06 bits per heavy atom. The minimum absolute atomic E-state index is 0.00190. The highest BCUT2D eigenvalue weighted by molar-refractivity contribution is 6.06. The van der Waals surface area contributed by atoms with E-state index in [4.69, 9.17) is 4.74 Å². The first kappa shape index (κ1) is 22.1. The quantitative estimate of drug-likeness (QED) is 0.552. The molecule has 0 spiro atoms. The summed E-state index contributed by atoms with van der Waals surface area (Å²) in [4.78, 5) is 25.1. The highest BCUT2D eigenvalue weighted by atomic mass is 16.5. The molecule has 5 heteroatoms. The van der Waals surface area contributed by atoms with Gasteiger partial charge in [-0.15, -0.1) is 0 Å². The van der Waals surface area contributed by atoms with Gasteiger partial charge in [0.2, 0.25) is 0 Å². The molecule has 0 radical (unpaired) electrons. The van der Waals surface area contributed by atoms with Crippen LogP contribution in [0.3, 0.4) is 0 Å². The van der Waals surface area contributed by atoms with Crippen molar-refractivity contribution in [2.24, 2.45) is 11.8 Å². The van der Waals surface area contributed by atoms with Crippen LogP contribution in [-0.2, 0) is 16.1 Å². The number of aromatic nitrogens is 1. The van der Waals surface area contributed by atoms with Gasteiger partial charge in [-0.1, -0.05) is 42.0 Å². The summed E-state index contributed by atoms with van der Waals surface area (Å²) in [5.74, 6) is 0.222. The minimum Gasteiger partial charge on any atom is -0.469 e. The molecular weight excluding hydrogens is 400 g/mol. The van der Waals surface area contributed by atoms with Gasteiger partial charge in [0.1, 0.15) is 0 Å². The van der Waals surface area contributed by atoms with Crippen LogP contribution in [0.25, 0.3) is 10.9 Å². The standard InChI is InChI=1S/C27H32N2O3/c1-18-7-9-20(10-8-18)17-29-16-15-22-5-4-6-24(25(22)29)26(30)28-19(2)21-11-13-23(14-12-21)27(31)32-3/h4-10,15-16,19,21,23H,11-14,17H2,1-3H3,(H,28,30). The first-order chi connectivity index (χ1) is 15.5. The van der Waals surface area contributed by atoms with Crippen molar-refractivity contribution in [1.29, 1.82) is 0 Å². The summed E-state index contributed by atoms with van der Waals surface area (Å²) in [7, 11) is 1.45. The molecule has 1 saturated carbocycles. The Hall–Kier alpha value is -3.08. The van der Waals surface area contributed by atoms with E-state index in [1.807, 2.05) is 12.1 Å². The summed E-state index contributed by atoms with van der Waals surface area (Å²) in [6.07, 6.45) is 5.56. The van der Waals surface area contributed by atoms with Gasteiger partial charge in [-0.05, 0) is 63.1 Å². The van der Waals surface area contributed by atoms with Gasteiger partial charge in [0.15, 0.2) is 0 Å². The average molecular weight is 433 g/mol. The third kappa shape index (κ3) is 4.72. The first-order valence-electron chi connectivity index (χ1n) is 11.5. The number of amides is 1. The van der Waals surface area contributed by atoms with Crippen molar-refractivity contribution >= 4 is 22.8 Å². The number of para-hydroxylation sites is 1. The first-order valence-corrected chi connectivity index (χ1v) is 11.5. The second-order valence-corrected chi connectivity index (χ2v) is 9.07. The largest absolute Gasteiger partial charge is 0.469 e. The topological polar surface area (TPSA) is 60.3 Å². The summed E-state index contributed by atoms with van der Waals surface area (Å²) in [5.41, 5.74) is 4.11. The zero-order valence-electron chi connectivity index (χ0n) is 19.1. The smallest absolute Gasteiger partial charge is 0.308 e. The number of nitrogens with zero attached hydrogens (tertiary/aromatic N) is 1. The van der Waals surface area contributed by atoms with Crippen molar-refractivity contribution in [1.82, 2.24) is 9.88 Å². The molecule has 0 aliphatic heterocycles. The van der Waals surface area contributed by atoms with E-state index in [0.29, 0.717) is 11.5 Å². The number of carbonyl (C=O) groups is 2. The van der Waals surface area contributed by atoms with Crippen LogP contribution >= 0.6 is 0 Å². The number of ether oxygens (including phenoxy) is 1. The lowest BCUT2D eigenvalue weighted by Crippen LogP contribution is -2.40. The molecular formula is C27H32N2O3. The van der Waals surface area contributed by atoms with Crippen molar-refractivity contribution in [2.75, 3.05) is 7.11 Å². The van der Waals surface area contributed by atoms with Crippen LogP contribution in [0.2, 0.25) is 0 Å². The molecule has 2 aromatic carbocycles. The number of fused-ring (bicyclic) bond motifs is 1. The van der Waals surface area contributed by atoms with E-state index < -0.39 is 0 Å². The molecule has 1 N–H and O–H groups in total. The zero-order chi connectivity index (χ0) is 22.7. The van der Waals surface area contributed by atoms with Gasteiger partial charge in [-0.3, -0.25) is 9.59 Å². The molecule has 4 rings (SSSR count). The van der Waals surface area contributed by atoms with E-state index in [0.717, 1.165) is 43.1 Å². The number of hydrogen-bond donors (Lipinski definition) is 1. The predicted molar refractivity (Wildman–Crippen MR) is 127 cm³/mol. The number of rotatable bonds is 6. The number of carbonyl (C=O) groups excluding carboxylic acids is 2. The predicted octanol–water partition coefficient (Wildman–Crippen LogP) is 5.10. The average Bonchev–Trinajstić information content (AvgIpc) is 3.23. The van der Waals surface area contributed by atoms with Gasteiger partial charge in [0.25, 0.3) is 5.91 Å². The van der Waals surface area contributed by atoms with Crippen LogP contribution in [0.5, 0.6) is 0 Å². The maximum atomic E-state index is 13.3. The van der Waals surface area contributed by atoms with Crippen molar-refractivity contribution < 1.29 is 14.3 Å². The van der Waals surface area contributed by atoms with Crippen molar-refractivity contribution in [2.45, 2.75) is 52.1 Å². The van der Waals surface area contributed by atoms with Crippen LogP contribution in [0.15, 0.2) is 54.7 Å². The normalized spacial score (nSPS) is 19.5. The molecule has 32 heavy (non-hydrogen) atoms.